The number of ether oxygens (including phenoxy) is 1. The van der Waals surface area contributed by atoms with Crippen molar-refractivity contribution in [1.29, 1.82) is 0 Å². The first-order chi connectivity index (χ1) is 8.87. The Morgan fingerprint density at radius 1 is 1.53 bits per heavy atom. The second kappa shape index (κ2) is 7.22. The number of carboxylic acid groups (broad SMARTS) is 1. The molecule has 1 aliphatic carbocycles. The molecule has 0 saturated heterocycles. The molecular formula is C14H28N2O3. The first-order valence-corrected chi connectivity index (χ1v) is 7.10. The average Bonchev–Trinajstić information content (AvgIpc) is 3.08. The molecule has 1 fully saturated rings. The summed E-state index contributed by atoms with van der Waals surface area (Å²) in [5.74, 6) is -0.263. The van der Waals surface area contributed by atoms with E-state index in [2.05, 4.69) is 24.1 Å². The van der Waals surface area contributed by atoms with Gasteiger partial charge in [0.2, 0.25) is 0 Å². The van der Waals surface area contributed by atoms with Crippen LogP contribution in [0.1, 0.15) is 33.6 Å². The molecule has 0 heterocycles. The molecule has 0 spiro atoms. The van der Waals surface area contributed by atoms with Gasteiger partial charge in [-0.05, 0) is 25.7 Å². The van der Waals surface area contributed by atoms with Gasteiger partial charge in [0.25, 0.3) is 0 Å². The monoisotopic (exact) mass is 272 g/mol. The van der Waals surface area contributed by atoms with Gasteiger partial charge in [0.15, 0.2) is 0 Å². The molecule has 5 nitrogen and oxygen atoms in total. The highest BCUT2D eigenvalue weighted by atomic mass is 16.5. The summed E-state index contributed by atoms with van der Waals surface area (Å²) in [7, 11) is 1.67. The average molecular weight is 272 g/mol. The highest BCUT2D eigenvalue weighted by molar-refractivity contribution is 5.78. The fourth-order valence-corrected chi connectivity index (χ4v) is 2.27. The van der Waals surface area contributed by atoms with Gasteiger partial charge in [-0.25, -0.2) is 0 Å². The van der Waals surface area contributed by atoms with Crippen molar-refractivity contribution in [2.24, 2.45) is 5.92 Å². The summed E-state index contributed by atoms with van der Waals surface area (Å²) in [4.78, 5) is 13.7. The molecule has 0 bridgehead atoms. The standard InChI is InChI=1S/C14H28N2O3/c1-11(2)9-16(7-8-19-4)10-14(3,13(17)18)15-12-5-6-12/h11-12,15H,5-10H2,1-4H3,(H,17,18). The summed E-state index contributed by atoms with van der Waals surface area (Å²) in [6, 6.07) is 0.379. The SMILES string of the molecule is COCCN(CC(C)C)CC(C)(NC1CC1)C(=O)O. The van der Waals surface area contributed by atoms with E-state index in [-0.39, 0.29) is 0 Å². The van der Waals surface area contributed by atoms with Crippen LogP contribution in [0.25, 0.3) is 0 Å². The second-order valence-electron chi connectivity index (χ2n) is 6.18. The van der Waals surface area contributed by atoms with Crippen molar-refractivity contribution in [3.63, 3.8) is 0 Å². The third-order valence-corrected chi connectivity index (χ3v) is 3.35. The van der Waals surface area contributed by atoms with Crippen LogP contribution in [-0.4, -0.2) is 60.9 Å². The Morgan fingerprint density at radius 3 is 2.58 bits per heavy atom. The Bertz CT molecular complexity index is 292. The minimum Gasteiger partial charge on any atom is -0.480 e. The molecule has 1 saturated carbocycles. The van der Waals surface area contributed by atoms with Gasteiger partial charge in [-0.1, -0.05) is 13.8 Å². The van der Waals surface area contributed by atoms with Crippen molar-refractivity contribution < 1.29 is 14.6 Å². The van der Waals surface area contributed by atoms with Crippen LogP contribution in [0, 0.1) is 5.92 Å². The molecule has 2 N–H and O–H groups in total. The second-order valence-corrected chi connectivity index (χ2v) is 6.18. The molecule has 1 rings (SSSR count). The Balaban J connectivity index is 2.61. The maximum atomic E-state index is 11.6. The van der Waals surface area contributed by atoms with Gasteiger partial charge in [-0.15, -0.1) is 0 Å². The van der Waals surface area contributed by atoms with Crippen molar-refractivity contribution in [3.05, 3.63) is 0 Å². The summed E-state index contributed by atoms with van der Waals surface area (Å²) >= 11 is 0. The van der Waals surface area contributed by atoms with Gasteiger partial charge in [0.1, 0.15) is 5.54 Å². The lowest BCUT2D eigenvalue weighted by Crippen LogP contribution is -2.58. The van der Waals surface area contributed by atoms with E-state index in [0.29, 0.717) is 25.1 Å². The van der Waals surface area contributed by atoms with Gasteiger partial charge in [-0.3, -0.25) is 15.0 Å². The third-order valence-electron chi connectivity index (χ3n) is 3.35. The number of carbonyl (C=O) groups is 1. The van der Waals surface area contributed by atoms with E-state index in [1.54, 1.807) is 14.0 Å². The lowest BCUT2D eigenvalue weighted by atomic mass is 10.0. The van der Waals surface area contributed by atoms with E-state index in [0.717, 1.165) is 25.9 Å². The Kier molecular flexibility index (Phi) is 6.23. The van der Waals surface area contributed by atoms with Gasteiger partial charge >= 0.3 is 5.97 Å². The summed E-state index contributed by atoms with van der Waals surface area (Å²) in [6.45, 7) is 8.88. The van der Waals surface area contributed by atoms with Crippen molar-refractivity contribution in [2.75, 3.05) is 33.4 Å². The lowest BCUT2D eigenvalue weighted by molar-refractivity contribution is -0.145. The Labute approximate surface area is 116 Å². The molecule has 0 aromatic carbocycles. The number of nitrogens with one attached hydrogen (secondary N) is 1. The first kappa shape index (κ1) is 16.4. The van der Waals surface area contributed by atoms with Crippen LogP contribution < -0.4 is 5.32 Å². The topological polar surface area (TPSA) is 61.8 Å². The Hall–Kier alpha value is -0.650. The zero-order valence-corrected chi connectivity index (χ0v) is 12.6. The van der Waals surface area contributed by atoms with Crippen LogP contribution in [0.4, 0.5) is 0 Å². The van der Waals surface area contributed by atoms with Crippen LogP contribution in [0.15, 0.2) is 0 Å². The highest BCUT2D eigenvalue weighted by Crippen LogP contribution is 2.23. The van der Waals surface area contributed by atoms with Gasteiger partial charge in [0, 0.05) is 32.8 Å². The summed E-state index contributed by atoms with van der Waals surface area (Å²) < 4.78 is 5.11. The van der Waals surface area contributed by atoms with Crippen molar-refractivity contribution in [3.8, 4) is 0 Å². The minimum absolute atomic E-state index is 0.379. The number of rotatable bonds is 10. The van der Waals surface area contributed by atoms with Gasteiger partial charge < -0.3 is 9.84 Å². The van der Waals surface area contributed by atoms with Gasteiger partial charge in [-0.2, -0.15) is 0 Å². The van der Waals surface area contributed by atoms with Crippen molar-refractivity contribution >= 4 is 5.97 Å². The molecule has 0 aromatic heterocycles. The fraction of sp³-hybridized carbons (Fsp3) is 0.929. The summed E-state index contributed by atoms with van der Waals surface area (Å²) in [5.41, 5.74) is -0.871. The van der Waals surface area contributed by atoms with Gasteiger partial charge in [0.05, 0.1) is 6.61 Å². The minimum atomic E-state index is -0.871. The molecular weight excluding hydrogens is 244 g/mol. The Morgan fingerprint density at radius 2 is 2.16 bits per heavy atom. The van der Waals surface area contributed by atoms with E-state index >= 15 is 0 Å². The van der Waals surface area contributed by atoms with Crippen LogP contribution in [0.3, 0.4) is 0 Å². The molecule has 0 amide bonds. The van der Waals surface area contributed by atoms with Crippen molar-refractivity contribution in [2.45, 2.75) is 45.2 Å². The quantitative estimate of drug-likeness (QED) is 0.625. The summed E-state index contributed by atoms with van der Waals surface area (Å²) in [6.07, 6.45) is 2.18. The van der Waals surface area contributed by atoms with Crippen molar-refractivity contribution in [1.82, 2.24) is 10.2 Å². The molecule has 0 aromatic rings. The molecule has 5 heteroatoms. The van der Waals surface area contributed by atoms with E-state index < -0.39 is 11.5 Å². The molecule has 1 atom stereocenters. The molecule has 1 aliphatic rings. The first-order valence-electron chi connectivity index (χ1n) is 7.10. The molecule has 0 radical (unpaired) electrons. The molecule has 19 heavy (non-hydrogen) atoms. The number of carboxylic acids is 1. The van der Waals surface area contributed by atoms with E-state index in [1.165, 1.54) is 0 Å². The zero-order chi connectivity index (χ0) is 14.5. The number of hydrogen-bond acceptors (Lipinski definition) is 4. The number of hydrogen-bond donors (Lipinski definition) is 2. The van der Waals surface area contributed by atoms with Crippen LogP contribution in [0.2, 0.25) is 0 Å². The predicted octanol–water partition coefficient (Wildman–Crippen LogP) is 1.19. The number of nitrogens with zero attached hydrogens (tertiary/aromatic N) is 1. The zero-order valence-electron chi connectivity index (χ0n) is 12.6. The third kappa shape index (κ3) is 5.89. The fourth-order valence-electron chi connectivity index (χ4n) is 2.27. The van der Waals surface area contributed by atoms with E-state index in [9.17, 15) is 9.90 Å². The highest BCUT2D eigenvalue weighted by Gasteiger charge is 2.39. The lowest BCUT2D eigenvalue weighted by Gasteiger charge is -2.34. The largest absolute Gasteiger partial charge is 0.480 e. The van der Waals surface area contributed by atoms with E-state index in [4.69, 9.17) is 4.74 Å². The maximum absolute atomic E-state index is 11.6. The smallest absolute Gasteiger partial charge is 0.324 e. The predicted molar refractivity (Wildman–Crippen MR) is 75.4 cm³/mol. The van der Waals surface area contributed by atoms with Crippen LogP contribution in [0.5, 0.6) is 0 Å². The molecule has 1 unspecified atom stereocenters. The summed E-state index contributed by atoms with van der Waals surface area (Å²) in [5, 5.41) is 12.8. The normalized spacial score (nSPS) is 18.8. The van der Waals surface area contributed by atoms with Crippen LogP contribution >= 0.6 is 0 Å². The number of aliphatic carboxylic acids is 1. The van der Waals surface area contributed by atoms with Crippen LogP contribution in [-0.2, 0) is 9.53 Å². The molecule has 112 valence electrons. The molecule has 0 aliphatic heterocycles. The van der Waals surface area contributed by atoms with E-state index in [1.807, 2.05) is 0 Å². The maximum Gasteiger partial charge on any atom is 0.324 e. The number of methoxy groups -OCH3 is 1.